The number of halogens is 1. The third kappa shape index (κ3) is 4.60. The normalized spacial score (nSPS) is 15.2. The monoisotopic (exact) mass is 472 g/mol. The van der Waals surface area contributed by atoms with E-state index in [1.165, 1.54) is 18.3 Å². The fraction of sp³-hybridized carbons (Fsp3) is 0.240. The molecule has 35 heavy (non-hydrogen) atoms. The van der Waals surface area contributed by atoms with Gasteiger partial charge in [0, 0.05) is 36.4 Å². The van der Waals surface area contributed by atoms with E-state index in [0.29, 0.717) is 28.0 Å². The molecule has 4 aromatic rings. The highest BCUT2D eigenvalue weighted by Gasteiger charge is 2.28. The third-order valence-corrected chi connectivity index (χ3v) is 6.25. The van der Waals surface area contributed by atoms with Gasteiger partial charge >= 0.3 is 0 Å². The lowest BCUT2D eigenvalue weighted by Crippen LogP contribution is -2.48. The number of aromatic nitrogens is 4. The number of rotatable bonds is 4. The summed E-state index contributed by atoms with van der Waals surface area (Å²) in [6.07, 6.45) is 6.27. The first kappa shape index (κ1) is 22.6. The number of piperidine rings is 1. The molecule has 1 aromatic carbocycles. The molecule has 0 saturated carbocycles. The summed E-state index contributed by atoms with van der Waals surface area (Å²) in [6.45, 7) is 3.56. The molecule has 0 aliphatic carbocycles. The smallest absolute Gasteiger partial charge is 0.279 e. The van der Waals surface area contributed by atoms with Gasteiger partial charge in [-0.1, -0.05) is 0 Å². The molecule has 5 rings (SSSR count). The summed E-state index contributed by atoms with van der Waals surface area (Å²) in [4.78, 5) is 32.8. The zero-order valence-electron chi connectivity index (χ0n) is 19.2. The SMILES string of the molecule is CC1(N)CCN(c2cccnc2NC(=O)c2nc(-c3nccc4cc(F)ccc34)cnc2N)CC1. The molecule has 0 atom stereocenters. The standard InChI is InChI=1S/C25H25FN8O/c1-25(28)7-11-34(12-8-25)19-3-2-9-30-23(19)33-24(35)21-22(27)31-14-18(32-21)20-17-5-4-16(26)13-15(17)6-10-29-20/h2-6,9-10,13-14H,7-8,11-12,28H2,1H3,(H2,27,31)(H,30,33,35). The lowest BCUT2D eigenvalue weighted by Gasteiger charge is -2.38. The summed E-state index contributed by atoms with van der Waals surface area (Å²) in [5, 5.41) is 4.18. The van der Waals surface area contributed by atoms with Gasteiger partial charge in [0.25, 0.3) is 5.91 Å². The maximum atomic E-state index is 13.7. The topological polar surface area (TPSA) is 136 Å². The molecular formula is C25H25FN8O. The summed E-state index contributed by atoms with van der Waals surface area (Å²) in [7, 11) is 0. The van der Waals surface area contributed by atoms with Gasteiger partial charge in [0.2, 0.25) is 0 Å². The average molecular weight is 473 g/mol. The molecule has 1 fully saturated rings. The van der Waals surface area contributed by atoms with Crippen molar-refractivity contribution in [2.45, 2.75) is 25.3 Å². The Labute approximate surface area is 201 Å². The van der Waals surface area contributed by atoms with Crippen LogP contribution in [0.2, 0.25) is 0 Å². The number of nitrogens with one attached hydrogen (secondary N) is 1. The van der Waals surface area contributed by atoms with Crippen molar-refractivity contribution in [1.29, 1.82) is 0 Å². The summed E-state index contributed by atoms with van der Waals surface area (Å²) >= 11 is 0. The number of amides is 1. The molecule has 0 radical (unpaired) electrons. The Bertz CT molecular complexity index is 1410. The van der Waals surface area contributed by atoms with E-state index in [4.69, 9.17) is 11.5 Å². The molecule has 5 N–H and O–H groups in total. The number of benzene rings is 1. The van der Waals surface area contributed by atoms with Crippen LogP contribution in [-0.2, 0) is 0 Å². The molecule has 1 aliphatic heterocycles. The number of carbonyl (C=O) groups is 1. The van der Waals surface area contributed by atoms with Crippen molar-refractivity contribution in [3.05, 3.63) is 66.5 Å². The minimum Gasteiger partial charge on any atom is -0.382 e. The molecule has 3 aromatic heterocycles. The molecule has 0 unspecified atom stereocenters. The minimum atomic E-state index is -0.538. The number of anilines is 3. The van der Waals surface area contributed by atoms with Crippen molar-refractivity contribution >= 4 is 34.0 Å². The summed E-state index contributed by atoms with van der Waals surface area (Å²) in [5.74, 6) is -0.506. The first-order valence-corrected chi connectivity index (χ1v) is 11.3. The van der Waals surface area contributed by atoms with E-state index in [1.807, 2.05) is 19.1 Å². The number of carbonyl (C=O) groups excluding carboxylic acids is 1. The van der Waals surface area contributed by atoms with Gasteiger partial charge in [0.15, 0.2) is 17.3 Å². The Balaban J connectivity index is 1.45. The van der Waals surface area contributed by atoms with Gasteiger partial charge in [0.1, 0.15) is 11.5 Å². The van der Waals surface area contributed by atoms with E-state index in [2.05, 4.69) is 30.2 Å². The highest BCUT2D eigenvalue weighted by molar-refractivity contribution is 6.07. The molecule has 9 nitrogen and oxygen atoms in total. The van der Waals surface area contributed by atoms with E-state index in [9.17, 15) is 9.18 Å². The Morgan fingerprint density at radius 3 is 2.71 bits per heavy atom. The molecular weight excluding hydrogens is 447 g/mol. The van der Waals surface area contributed by atoms with Gasteiger partial charge in [-0.05, 0) is 61.5 Å². The number of nitrogens with zero attached hydrogens (tertiary/aromatic N) is 5. The van der Waals surface area contributed by atoms with Crippen LogP contribution in [0.4, 0.5) is 21.7 Å². The van der Waals surface area contributed by atoms with Gasteiger partial charge in [-0.2, -0.15) is 0 Å². The Morgan fingerprint density at radius 1 is 1.11 bits per heavy atom. The van der Waals surface area contributed by atoms with Crippen molar-refractivity contribution in [2.24, 2.45) is 5.73 Å². The quantitative estimate of drug-likeness (QED) is 0.411. The first-order valence-electron chi connectivity index (χ1n) is 11.3. The molecule has 4 heterocycles. The number of fused-ring (bicyclic) bond motifs is 1. The van der Waals surface area contributed by atoms with Gasteiger partial charge < -0.3 is 21.7 Å². The van der Waals surface area contributed by atoms with Gasteiger partial charge in [-0.25, -0.2) is 19.3 Å². The molecule has 0 spiro atoms. The molecule has 1 amide bonds. The van der Waals surface area contributed by atoms with Crippen LogP contribution in [0.25, 0.3) is 22.2 Å². The summed E-state index contributed by atoms with van der Waals surface area (Å²) in [6, 6.07) is 9.82. The van der Waals surface area contributed by atoms with E-state index in [1.54, 1.807) is 24.5 Å². The highest BCUT2D eigenvalue weighted by Crippen LogP contribution is 2.30. The Kier molecular flexibility index (Phi) is 5.73. The van der Waals surface area contributed by atoms with Crippen molar-refractivity contribution in [3.63, 3.8) is 0 Å². The van der Waals surface area contributed by atoms with E-state index < -0.39 is 5.91 Å². The van der Waals surface area contributed by atoms with Crippen LogP contribution in [0.5, 0.6) is 0 Å². The highest BCUT2D eigenvalue weighted by atomic mass is 19.1. The molecule has 178 valence electrons. The average Bonchev–Trinajstić information content (AvgIpc) is 2.84. The Morgan fingerprint density at radius 2 is 1.91 bits per heavy atom. The van der Waals surface area contributed by atoms with Crippen molar-refractivity contribution < 1.29 is 9.18 Å². The second-order valence-corrected chi connectivity index (χ2v) is 8.98. The van der Waals surface area contributed by atoms with Crippen LogP contribution < -0.4 is 21.7 Å². The van der Waals surface area contributed by atoms with Gasteiger partial charge in [-0.15, -0.1) is 0 Å². The maximum Gasteiger partial charge on any atom is 0.279 e. The number of hydrogen-bond donors (Lipinski definition) is 3. The molecule has 1 saturated heterocycles. The van der Waals surface area contributed by atoms with Crippen LogP contribution in [0.15, 0.2) is 55.0 Å². The van der Waals surface area contributed by atoms with E-state index >= 15 is 0 Å². The molecule has 1 aliphatic rings. The lowest BCUT2D eigenvalue weighted by atomic mass is 9.91. The van der Waals surface area contributed by atoms with Crippen molar-refractivity contribution in [1.82, 2.24) is 19.9 Å². The van der Waals surface area contributed by atoms with E-state index in [0.717, 1.165) is 31.6 Å². The lowest BCUT2D eigenvalue weighted by molar-refractivity contribution is 0.102. The third-order valence-electron chi connectivity index (χ3n) is 6.25. The largest absolute Gasteiger partial charge is 0.382 e. The fourth-order valence-electron chi connectivity index (χ4n) is 4.21. The Hall–Kier alpha value is -4.18. The number of nitrogen functional groups attached to an aromatic ring is 1. The predicted molar refractivity (Wildman–Crippen MR) is 133 cm³/mol. The number of nitrogens with two attached hydrogens (primary N) is 2. The minimum absolute atomic E-state index is 0.0214. The summed E-state index contributed by atoms with van der Waals surface area (Å²) in [5.41, 5.74) is 13.7. The van der Waals surface area contributed by atoms with Crippen LogP contribution >= 0.6 is 0 Å². The second-order valence-electron chi connectivity index (χ2n) is 8.98. The summed E-state index contributed by atoms with van der Waals surface area (Å²) < 4.78 is 13.7. The van der Waals surface area contributed by atoms with Crippen molar-refractivity contribution in [2.75, 3.05) is 29.0 Å². The second kappa shape index (κ2) is 8.88. The van der Waals surface area contributed by atoms with Gasteiger partial charge in [-0.3, -0.25) is 9.78 Å². The fourth-order valence-corrected chi connectivity index (χ4v) is 4.21. The van der Waals surface area contributed by atoms with Crippen LogP contribution in [-0.4, -0.2) is 44.5 Å². The first-order chi connectivity index (χ1) is 16.8. The van der Waals surface area contributed by atoms with Crippen LogP contribution in [0, 0.1) is 5.82 Å². The molecule has 0 bridgehead atoms. The predicted octanol–water partition coefficient (Wildman–Crippen LogP) is 3.38. The van der Waals surface area contributed by atoms with Gasteiger partial charge in [0.05, 0.1) is 17.6 Å². The zero-order chi connectivity index (χ0) is 24.6. The van der Waals surface area contributed by atoms with Crippen molar-refractivity contribution in [3.8, 4) is 11.4 Å². The maximum absolute atomic E-state index is 13.7. The zero-order valence-corrected chi connectivity index (χ0v) is 19.2. The molecule has 10 heteroatoms. The number of hydrogen-bond acceptors (Lipinski definition) is 8. The van der Waals surface area contributed by atoms with E-state index in [-0.39, 0.29) is 22.9 Å². The van der Waals surface area contributed by atoms with Crippen LogP contribution in [0.1, 0.15) is 30.3 Å². The van der Waals surface area contributed by atoms with Crippen LogP contribution in [0.3, 0.4) is 0 Å². The number of pyridine rings is 2.